The zero-order chi connectivity index (χ0) is 13.2. The van der Waals surface area contributed by atoms with Crippen molar-refractivity contribution in [1.82, 2.24) is 0 Å². The zero-order valence-corrected chi connectivity index (χ0v) is 10.0. The Morgan fingerprint density at radius 2 is 1.82 bits per heavy atom. The van der Waals surface area contributed by atoms with Crippen molar-refractivity contribution in [2.45, 2.75) is 25.1 Å². The predicted octanol–water partition coefficient (Wildman–Crippen LogP) is 4.47. The fourth-order valence-corrected chi connectivity index (χ4v) is 1.80. The first kappa shape index (κ1) is 14.5. The summed E-state index contributed by atoms with van der Waals surface area (Å²) >= 11 is 11.4. The van der Waals surface area contributed by atoms with Gasteiger partial charge in [0.1, 0.15) is 5.82 Å². The molecule has 0 saturated carbocycles. The SMILES string of the molecule is N[C@H](CCC(F)(F)F)c1c(F)ccc(Cl)c1Cl. The van der Waals surface area contributed by atoms with Gasteiger partial charge in [-0.1, -0.05) is 23.2 Å². The largest absolute Gasteiger partial charge is 0.389 e. The monoisotopic (exact) mass is 289 g/mol. The molecular formula is C10H9Cl2F4N. The van der Waals surface area contributed by atoms with Crippen LogP contribution in [0.5, 0.6) is 0 Å². The quantitative estimate of drug-likeness (QED) is 0.645. The van der Waals surface area contributed by atoms with Crippen molar-refractivity contribution in [3.63, 3.8) is 0 Å². The highest BCUT2D eigenvalue weighted by molar-refractivity contribution is 6.42. The van der Waals surface area contributed by atoms with Gasteiger partial charge in [-0.05, 0) is 18.6 Å². The van der Waals surface area contributed by atoms with E-state index in [4.69, 9.17) is 28.9 Å². The lowest BCUT2D eigenvalue weighted by Gasteiger charge is -2.16. The van der Waals surface area contributed by atoms with Gasteiger partial charge in [0.05, 0.1) is 10.0 Å². The van der Waals surface area contributed by atoms with E-state index in [0.29, 0.717) is 0 Å². The molecule has 0 aliphatic heterocycles. The standard InChI is InChI=1S/C10H9Cl2F4N/c11-5-1-2-6(13)8(9(5)12)7(17)3-4-10(14,15)16/h1-2,7H,3-4,17H2/t7-/m1/s1. The van der Waals surface area contributed by atoms with Crippen LogP contribution in [0.4, 0.5) is 17.6 Å². The van der Waals surface area contributed by atoms with Crippen molar-refractivity contribution in [2.75, 3.05) is 0 Å². The van der Waals surface area contributed by atoms with Crippen molar-refractivity contribution >= 4 is 23.2 Å². The molecule has 0 aliphatic rings. The van der Waals surface area contributed by atoms with Gasteiger partial charge in [-0.15, -0.1) is 0 Å². The van der Waals surface area contributed by atoms with E-state index in [2.05, 4.69) is 0 Å². The highest BCUT2D eigenvalue weighted by atomic mass is 35.5. The predicted molar refractivity (Wildman–Crippen MR) is 58.6 cm³/mol. The lowest BCUT2D eigenvalue weighted by atomic mass is 10.0. The Labute approximate surface area is 105 Å². The third-order valence-electron chi connectivity index (χ3n) is 2.19. The Kier molecular flexibility index (Phi) is 4.63. The van der Waals surface area contributed by atoms with Gasteiger partial charge < -0.3 is 5.73 Å². The van der Waals surface area contributed by atoms with Crippen LogP contribution in [0.25, 0.3) is 0 Å². The van der Waals surface area contributed by atoms with Gasteiger partial charge in [0.2, 0.25) is 0 Å². The van der Waals surface area contributed by atoms with Crippen molar-refractivity contribution in [1.29, 1.82) is 0 Å². The Bertz CT molecular complexity index is 406. The van der Waals surface area contributed by atoms with Gasteiger partial charge >= 0.3 is 6.18 Å². The van der Waals surface area contributed by atoms with Gasteiger partial charge in [0.15, 0.2) is 0 Å². The molecule has 0 aliphatic carbocycles. The lowest BCUT2D eigenvalue weighted by molar-refractivity contribution is -0.136. The summed E-state index contributed by atoms with van der Waals surface area (Å²) in [5, 5.41) is -0.0770. The molecule has 0 bridgehead atoms. The summed E-state index contributed by atoms with van der Waals surface area (Å²) in [6, 6.07) is 1.11. The van der Waals surface area contributed by atoms with Gasteiger partial charge in [-0.3, -0.25) is 0 Å². The summed E-state index contributed by atoms with van der Waals surface area (Å²) in [4.78, 5) is 0. The van der Waals surface area contributed by atoms with Crippen molar-refractivity contribution in [3.05, 3.63) is 33.6 Å². The first-order chi connectivity index (χ1) is 7.72. The summed E-state index contributed by atoms with van der Waals surface area (Å²) in [6.45, 7) is 0. The van der Waals surface area contributed by atoms with Gasteiger partial charge in [0, 0.05) is 18.0 Å². The van der Waals surface area contributed by atoms with Crippen molar-refractivity contribution in [2.24, 2.45) is 5.73 Å². The highest BCUT2D eigenvalue weighted by Crippen LogP contribution is 2.34. The molecule has 2 N–H and O–H groups in total. The summed E-state index contributed by atoms with van der Waals surface area (Å²) in [5.41, 5.74) is 5.31. The molecule has 0 radical (unpaired) electrons. The topological polar surface area (TPSA) is 26.0 Å². The van der Waals surface area contributed by atoms with Crippen LogP contribution in [0, 0.1) is 5.82 Å². The van der Waals surface area contributed by atoms with E-state index >= 15 is 0 Å². The van der Waals surface area contributed by atoms with Crippen LogP contribution in [-0.4, -0.2) is 6.18 Å². The second kappa shape index (κ2) is 5.42. The van der Waals surface area contributed by atoms with Crippen molar-refractivity contribution in [3.8, 4) is 0 Å². The van der Waals surface area contributed by atoms with E-state index in [0.717, 1.165) is 6.07 Å². The van der Waals surface area contributed by atoms with E-state index < -0.39 is 30.9 Å². The van der Waals surface area contributed by atoms with E-state index in [1.165, 1.54) is 6.07 Å². The first-order valence-electron chi connectivity index (χ1n) is 4.68. The zero-order valence-electron chi connectivity index (χ0n) is 8.49. The molecule has 1 aromatic carbocycles. The Balaban J connectivity index is 2.89. The maximum absolute atomic E-state index is 13.4. The van der Waals surface area contributed by atoms with Crippen LogP contribution < -0.4 is 5.73 Å². The molecule has 0 heterocycles. The highest BCUT2D eigenvalue weighted by Gasteiger charge is 2.29. The number of hydrogen-bond acceptors (Lipinski definition) is 1. The van der Waals surface area contributed by atoms with Gasteiger partial charge in [-0.2, -0.15) is 13.2 Å². The molecule has 1 aromatic rings. The van der Waals surface area contributed by atoms with Crippen LogP contribution >= 0.6 is 23.2 Å². The van der Waals surface area contributed by atoms with Crippen molar-refractivity contribution < 1.29 is 17.6 Å². The summed E-state index contributed by atoms with van der Waals surface area (Å²) in [7, 11) is 0. The third-order valence-corrected chi connectivity index (χ3v) is 3.01. The van der Waals surface area contributed by atoms with Gasteiger partial charge in [0.25, 0.3) is 0 Å². The van der Waals surface area contributed by atoms with E-state index in [9.17, 15) is 17.6 Å². The average molecular weight is 290 g/mol. The van der Waals surface area contributed by atoms with Crippen LogP contribution in [0.15, 0.2) is 12.1 Å². The number of alkyl halides is 3. The molecule has 17 heavy (non-hydrogen) atoms. The summed E-state index contributed by atoms with van der Waals surface area (Å²) in [6.07, 6.45) is -5.88. The average Bonchev–Trinajstić information content (AvgIpc) is 2.20. The molecule has 1 rings (SSSR count). The number of halogens is 6. The van der Waals surface area contributed by atoms with Crippen LogP contribution in [0.3, 0.4) is 0 Å². The third kappa shape index (κ3) is 4.01. The maximum atomic E-state index is 13.4. The van der Waals surface area contributed by atoms with E-state index in [1.54, 1.807) is 0 Å². The molecule has 1 nitrogen and oxygen atoms in total. The summed E-state index contributed by atoms with van der Waals surface area (Å²) in [5.74, 6) is -0.755. The fraction of sp³-hybridized carbons (Fsp3) is 0.400. The second-order valence-electron chi connectivity index (χ2n) is 3.52. The van der Waals surface area contributed by atoms with Crippen LogP contribution in [-0.2, 0) is 0 Å². The Hall–Kier alpha value is -0.520. The van der Waals surface area contributed by atoms with Crippen LogP contribution in [0.2, 0.25) is 10.0 Å². The maximum Gasteiger partial charge on any atom is 0.389 e. The number of benzene rings is 1. The Morgan fingerprint density at radius 1 is 1.24 bits per heavy atom. The molecule has 0 spiro atoms. The second-order valence-corrected chi connectivity index (χ2v) is 4.30. The molecule has 96 valence electrons. The van der Waals surface area contributed by atoms with Crippen LogP contribution in [0.1, 0.15) is 24.4 Å². The molecule has 0 aromatic heterocycles. The minimum Gasteiger partial charge on any atom is -0.324 e. The molecule has 0 amide bonds. The molecule has 0 fully saturated rings. The molecule has 0 saturated heterocycles. The fourth-order valence-electron chi connectivity index (χ4n) is 1.35. The molecule has 0 unspecified atom stereocenters. The number of rotatable bonds is 3. The normalized spacial score (nSPS) is 13.8. The lowest BCUT2D eigenvalue weighted by Crippen LogP contribution is -2.17. The Morgan fingerprint density at radius 3 is 2.35 bits per heavy atom. The molecule has 7 heteroatoms. The minimum absolute atomic E-state index is 0.0607. The summed E-state index contributed by atoms with van der Waals surface area (Å²) < 4.78 is 49.4. The van der Waals surface area contributed by atoms with E-state index in [1.807, 2.05) is 0 Å². The number of nitrogens with two attached hydrogens (primary N) is 1. The van der Waals surface area contributed by atoms with Gasteiger partial charge in [-0.25, -0.2) is 4.39 Å². The molecular weight excluding hydrogens is 281 g/mol. The molecule has 1 atom stereocenters. The smallest absolute Gasteiger partial charge is 0.324 e. The first-order valence-corrected chi connectivity index (χ1v) is 5.43. The number of hydrogen-bond donors (Lipinski definition) is 1. The minimum atomic E-state index is -4.33. The van der Waals surface area contributed by atoms with E-state index in [-0.39, 0.29) is 15.6 Å².